The highest BCUT2D eigenvalue weighted by molar-refractivity contribution is 5.79. The zero-order chi connectivity index (χ0) is 18.4. The van der Waals surface area contributed by atoms with Crippen LogP contribution in [0.25, 0.3) is 0 Å². The topological polar surface area (TPSA) is 54.2 Å². The maximum atomic E-state index is 13.1. The molecule has 1 heterocycles. The van der Waals surface area contributed by atoms with E-state index >= 15 is 0 Å². The van der Waals surface area contributed by atoms with Gasteiger partial charge in [0.15, 0.2) is 11.7 Å². The van der Waals surface area contributed by atoms with Crippen molar-refractivity contribution in [3.8, 4) is 0 Å². The molecule has 2 rings (SSSR count). The average Bonchev–Trinajstić information content (AvgIpc) is 2.92. The third kappa shape index (κ3) is 5.47. The molecule has 2 aromatic rings. The first-order valence-corrected chi connectivity index (χ1v) is 7.58. The number of rotatable bonds is 5. The highest BCUT2D eigenvalue weighted by Crippen LogP contribution is 2.30. The van der Waals surface area contributed by atoms with Crippen LogP contribution in [-0.4, -0.2) is 29.3 Å². The molecule has 0 saturated carbocycles. The Kier molecular flexibility index (Phi) is 6.00. The second-order valence-electron chi connectivity index (χ2n) is 5.41. The second-order valence-corrected chi connectivity index (χ2v) is 5.41. The van der Waals surface area contributed by atoms with Gasteiger partial charge in [-0.25, -0.2) is 4.39 Å². The Morgan fingerprint density at radius 3 is 2.68 bits per heavy atom. The lowest BCUT2D eigenvalue weighted by Crippen LogP contribution is -2.38. The summed E-state index contributed by atoms with van der Waals surface area (Å²) in [6.45, 7) is 0.393. The summed E-state index contributed by atoms with van der Waals surface area (Å²) in [4.78, 5) is 3.96. The number of nitrogens with one attached hydrogen (secondary N) is 2. The predicted octanol–water partition coefficient (Wildman–Crippen LogP) is 2.49. The van der Waals surface area contributed by atoms with Gasteiger partial charge in [-0.05, 0) is 24.1 Å². The molecule has 0 unspecified atom stereocenters. The monoisotopic (exact) mass is 357 g/mol. The number of halogens is 4. The number of benzene rings is 1. The van der Waals surface area contributed by atoms with Crippen molar-refractivity contribution in [1.82, 2.24) is 20.4 Å². The lowest BCUT2D eigenvalue weighted by molar-refractivity contribution is -0.142. The van der Waals surface area contributed by atoms with Gasteiger partial charge in [0.25, 0.3) is 0 Å². The molecule has 2 N–H and O–H groups in total. The average molecular weight is 357 g/mol. The van der Waals surface area contributed by atoms with E-state index in [0.29, 0.717) is 18.9 Å². The Morgan fingerprint density at radius 2 is 2.04 bits per heavy atom. The molecule has 1 aromatic heterocycles. The van der Waals surface area contributed by atoms with Crippen LogP contribution >= 0.6 is 0 Å². The third-order valence-electron chi connectivity index (χ3n) is 3.44. The van der Waals surface area contributed by atoms with E-state index in [0.717, 1.165) is 10.2 Å². The van der Waals surface area contributed by atoms with Crippen molar-refractivity contribution in [1.29, 1.82) is 0 Å². The highest BCUT2D eigenvalue weighted by Gasteiger charge is 2.36. The lowest BCUT2D eigenvalue weighted by atomic mass is 10.1. The number of hydrogen-bond acceptors (Lipinski definition) is 2. The Bertz CT molecular complexity index is 736. The summed E-state index contributed by atoms with van der Waals surface area (Å²) >= 11 is 0. The van der Waals surface area contributed by atoms with Gasteiger partial charge in [0.2, 0.25) is 0 Å². The van der Waals surface area contributed by atoms with Crippen LogP contribution in [0.3, 0.4) is 0 Å². The predicted molar refractivity (Wildman–Crippen MR) is 86.5 cm³/mol. The molecule has 0 saturated heterocycles. The van der Waals surface area contributed by atoms with Gasteiger partial charge in [-0.3, -0.25) is 9.67 Å². The molecule has 0 fully saturated rings. The first kappa shape index (κ1) is 18.8. The van der Waals surface area contributed by atoms with E-state index in [9.17, 15) is 17.6 Å². The summed E-state index contributed by atoms with van der Waals surface area (Å²) in [6.07, 6.45) is -2.64. The zero-order valence-electron chi connectivity index (χ0n) is 13.9. The normalized spacial score (nSPS) is 12.3. The smallest absolute Gasteiger partial charge is 0.356 e. The number of aryl methyl sites for hydroxylation is 1. The molecule has 136 valence electrons. The molecule has 0 amide bonds. The van der Waals surface area contributed by atoms with E-state index in [1.807, 2.05) is 0 Å². The van der Waals surface area contributed by atoms with Gasteiger partial charge in [0.05, 0.1) is 0 Å². The maximum Gasteiger partial charge on any atom is 0.435 e. The Hall–Kier alpha value is -2.58. The largest absolute Gasteiger partial charge is 0.435 e. The minimum atomic E-state index is -4.51. The summed E-state index contributed by atoms with van der Waals surface area (Å²) in [5.74, 6) is 0.0460. The van der Waals surface area contributed by atoms with Crippen molar-refractivity contribution < 1.29 is 17.6 Å². The minimum absolute atomic E-state index is 0.0306. The fourth-order valence-electron chi connectivity index (χ4n) is 2.32. The number of alkyl halides is 3. The van der Waals surface area contributed by atoms with Crippen LogP contribution in [-0.2, 0) is 26.2 Å². The number of nitrogens with zero attached hydrogens (tertiary/aromatic N) is 3. The standard InChI is InChI=1S/C16H19F4N5/c1-21-15(22-7-6-11-4-3-5-13(17)8-11)23-9-12-10-25(2)24-14(12)16(18,19)20/h3-5,8,10H,6-7,9H2,1-2H3,(H2,21,22,23). The summed E-state index contributed by atoms with van der Waals surface area (Å²) in [5.41, 5.74) is -0.0737. The summed E-state index contributed by atoms with van der Waals surface area (Å²) in [6, 6.07) is 6.22. The summed E-state index contributed by atoms with van der Waals surface area (Å²) in [5, 5.41) is 9.25. The van der Waals surface area contributed by atoms with Crippen LogP contribution in [0.1, 0.15) is 16.8 Å². The number of aromatic nitrogens is 2. The van der Waals surface area contributed by atoms with Gasteiger partial charge in [0.1, 0.15) is 5.82 Å². The Labute approximate surface area is 142 Å². The van der Waals surface area contributed by atoms with Crippen molar-refractivity contribution in [2.24, 2.45) is 12.0 Å². The van der Waals surface area contributed by atoms with E-state index < -0.39 is 11.9 Å². The molecule has 0 radical (unpaired) electrons. The SMILES string of the molecule is CN=C(NCCc1cccc(F)c1)NCc1cn(C)nc1C(F)(F)F. The van der Waals surface area contributed by atoms with E-state index in [1.165, 1.54) is 32.4 Å². The lowest BCUT2D eigenvalue weighted by Gasteiger charge is -2.12. The number of aliphatic imine (C=N–C) groups is 1. The number of hydrogen-bond donors (Lipinski definition) is 2. The van der Waals surface area contributed by atoms with Crippen LogP contribution < -0.4 is 10.6 Å². The van der Waals surface area contributed by atoms with Gasteiger partial charge in [-0.1, -0.05) is 12.1 Å². The molecule has 5 nitrogen and oxygen atoms in total. The van der Waals surface area contributed by atoms with Crippen LogP contribution in [0, 0.1) is 5.82 Å². The molecule has 0 aliphatic carbocycles. The maximum absolute atomic E-state index is 13.1. The van der Waals surface area contributed by atoms with Gasteiger partial charge < -0.3 is 10.6 Å². The molecule has 0 aliphatic rings. The third-order valence-corrected chi connectivity index (χ3v) is 3.44. The minimum Gasteiger partial charge on any atom is -0.356 e. The first-order valence-electron chi connectivity index (χ1n) is 7.58. The van der Waals surface area contributed by atoms with Crippen molar-refractivity contribution in [3.05, 3.63) is 53.1 Å². The molecular formula is C16H19F4N5. The van der Waals surface area contributed by atoms with Gasteiger partial charge in [-0.2, -0.15) is 18.3 Å². The van der Waals surface area contributed by atoms with E-state index in [-0.39, 0.29) is 17.9 Å². The molecular weight excluding hydrogens is 338 g/mol. The van der Waals surface area contributed by atoms with Crippen molar-refractivity contribution in [2.45, 2.75) is 19.1 Å². The second kappa shape index (κ2) is 8.00. The van der Waals surface area contributed by atoms with Gasteiger partial charge in [0, 0.05) is 38.9 Å². The summed E-state index contributed by atoms with van der Waals surface area (Å²) in [7, 11) is 2.95. The van der Waals surface area contributed by atoms with Crippen LogP contribution in [0.5, 0.6) is 0 Å². The highest BCUT2D eigenvalue weighted by atomic mass is 19.4. The quantitative estimate of drug-likeness (QED) is 0.491. The van der Waals surface area contributed by atoms with Gasteiger partial charge in [-0.15, -0.1) is 0 Å². The summed E-state index contributed by atoms with van der Waals surface area (Å²) < 4.78 is 53.0. The van der Waals surface area contributed by atoms with Crippen LogP contribution in [0.2, 0.25) is 0 Å². The van der Waals surface area contributed by atoms with Crippen LogP contribution in [0.15, 0.2) is 35.5 Å². The van der Waals surface area contributed by atoms with E-state index in [1.54, 1.807) is 12.1 Å². The molecule has 25 heavy (non-hydrogen) atoms. The van der Waals surface area contributed by atoms with Gasteiger partial charge >= 0.3 is 6.18 Å². The molecule has 1 aromatic carbocycles. The zero-order valence-corrected chi connectivity index (χ0v) is 13.9. The Balaban J connectivity index is 1.89. The molecule has 0 atom stereocenters. The van der Waals surface area contributed by atoms with Crippen molar-refractivity contribution in [2.75, 3.05) is 13.6 Å². The fraction of sp³-hybridized carbons (Fsp3) is 0.375. The first-order chi connectivity index (χ1) is 11.8. The van der Waals surface area contributed by atoms with E-state index in [2.05, 4.69) is 20.7 Å². The fourth-order valence-corrected chi connectivity index (χ4v) is 2.32. The molecule has 9 heteroatoms. The molecule has 0 aliphatic heterocycles. The molecule has 0 bridgehead atoms. The Morgan fingerprint density at radius 1 is 1.28 bits per heavy atom. The number of guanidine groups is 1. The van der Waals surface area contributed by atoms with Crippen LogP contribution in [0.4, 0.5) is 17.6 Å². The van der Waals surface area contributed by atoms with Crippen molar-refractivity contribution in [3.63, 3.8) is 0 Å². The van der Waals surface area contributed by atoms with E-state index in [4.69, 9.17) is 0 Å². The van der Waals surface area contributed by atoms with Crippen molar-refractivity contribution >= 4 is 5.96 Å². The molecule has 0 spiro atoms.